The number of unbranched alkanes of at least 4 members (excludes halogenated alkanes) is 1. The summed E-state index contributed by atoms with van der Waals surface area (Å²) in [6, 6.07) is 29.1. The van der Waals surface area contributed by atoms with Crippen molar-refractivity contribution in [1.29, 1.82) is 0 Å². The summed E-state index contributed by atoms with van der Waals surface area (Å²) in [6.07, 6.45) is 9.50. The fourth-order valence-corrected chi connectivity index (χ4v) is 10.8. The van der Waals surface area contributed by atoms with E-state index in [9.17, 15) is 24.0 Å². The minimum absolute atomic E-state index is 0.0550. The molecule has 2 N–H and O–H groups in total. The Morgan fingerprint density at radius 2 is 1.53 bits per heavy atom. The molecule has 2 atom stereocenters. The largest absolute Gasteiger partial charge is 0.361 e. The van der Waals surface area contributed by atoms with Crippen LogP contribution >= 0.6 is 0 Å². The molecule has 2 unspecified atom stereocenters. The molecular weight excluding hydrogens is 851 g/mol. The van der Waals surface area contributed by atoms with Gasteiger partial charge in [-0.25, -0.2) is 0 Å². The normalized spacial score (nSPS) is 19.5. The molecule has 4 saturated heterocycles. The second-order valence-electron chi connectivity index (χ2n) is 19.5. The lowest BCUT2D eigenvalue weighted by molar-refractivity contribution is -0.134. The molecule has 5 amide bonds. The van der Waals surface area contributed by atoms with Crippen LogP contribution in [-0.2, 0) is 30.5 Å². The van der Waals surface area contributed by atoms with Crippen LogP contribution in [0.15, 0.2) is 84.9 Å². The summed E-state index contributed by atoms with van der Waals surface area (Å²) in [7, 11) is 3.54. The minimum Gasteiger partial charge on any atom is -0.361 e. The number of hydrogen-bond acceptors (Lipinski definition) is 8. The predicted octanol–water partition coefficient (Wildman–Crippen LogP) is 7.40. The van der Waals surface area contributed by atoms with Crippen LogP contribution in [0.1, 0.15) is 112 Å². The van der Waals surface area contributed by atoms with E-state index in [4.69, 9.17) is 0 Å². The van der Waals surface area contributed by atoms with Crippen LogP contribution in [0.3, 0.4) is 0 Å². The summed E-state index contributed by atoms with van der Waals surface area (Å²) < 4.78 is 0. The fourth-order valence-electron chi connectivity index (χ4n) is 10.8. The van der Waals surface area contributed by atoms with Crippen LogP contribution in [0.2, 0.25) is 0 Å². The number of likely N-dealkylation sites (N-methyl/N-ethyl adjacent to an activating group) is 1. The molecule has 4 aliphatic rings. The molecule has 0 bridgehead atoms. The molecule has 4 aromatic carbocycles. The van der Waals surface area contributed by atoms with Gasteiger partial charge in [0.05, 0.1) is 11.4 Å². The molecule has 0 radical (unpaired) electrons. The van der Waals surface area contributed by atoms with Gasteiger partial charge in [0.2, 0.25) is 30.0 Å². The highest BCUT2D eigenvalue weighted by Crippen LogP contribution is 2.37. The average molecular weight is 920 g/mol. The van der Waals surface area contributed by atoms with Crippen molar-refractivity contribution >= 4 is 52.2 Å². The van der Waals surface area contributed by atoms with E-state index < -0.39 is 6.04 Å². The number of amides is 5. The van der Waals surface area contributed by atoms with Gasteiger partial charge in [-0.1, -0.05) is 78.6 Å². The number of benzene rings is 4. The number of fused-ring (bicyclic) bond motifs is 1. The smallest absolute Gasteiger partial charge is 0.249 e. The molecule has 4 heterocycles. The van der Waals surface area contributed by atoms with Gasteiger partial charge < -0.3 is 24.9 Å². The SMILES string of the molecule is CC(c1ccc(C#CC2CCN(CCCCC(=O)N3CCC(c4ccc(N(C)C5CCC(=O)NC5=O)c(N(C)C=O)c4)CC3)CC2)c2ccccc12)N1CCC(C(=O)NCc2ccccc2)CC1. The number of rotatable bonds is 15. The molecule has 12 nitrogen and oxygen atoms in total. The molecule has 4 aromatic rings. The topological polar surface area (TPSA) is 126 Å². The van der Waals surface area contributed by atoms with Gasteiger partial charge in [0, 0.05) is 70.0 Å². The molecule has 68 heavy (non-hydrogen) atoms. The summed E-state index contributed by atoms with van der Waals surface area (Å²) in [5, 5.41) is 8.04. The molecule has 0 saturated carbocycles. The molecule has 0 spiro atoms. The molecular formula is C56H69N7O5. The third kappa shape index (κ3) is 11.8. The van der Waals surface area contributed by atoms with Crippen LogP contribution in [0.5, 0.6) is 0 Å². The van der Waals surface area contributed by atoms with Crippen LogP contribution < -0.4 is 20.4 Å². The van der Waals surface area contributed by atoms with E-state index in [0.717, 1.165) is 113 Å². The number of nitrogens with zero attached hydrogens (tertiary/aromatic N) is 5. The lowest BCUT2D eigenvalue weighted by Gasteiger charge is -2.36. The number of nitrogens with one attached hydrogen (secondary N) is 2. The highest BCUT2D eigenvalue weighted by molar-refractivity contribution is 6.02. The van der Waals surface area contributed by atoms with E-state index in [2.05, 4.69) is 81.7 Å². The van der Waals surface area contributed by atoms with E-state index >= 15 is 0 Å². The van der Waals surface area contributed by atoms with Crippen LogP contribution in [0.4, 0.5) is 11.4 Å². The molecule has 4 fully saturated rings. The van der Waals surface area contributed by atoms with Crippen LogP contribution in [0.25, 0.3) is 10.8 Å². The highest BCUT2D eigenvalue weighted by Gasteiger charge is 2.33. The van der Waals surface area contributed by atoms with Gasteiger partial charge in [-0.15, -0.1) is 0 Å². The van der Waals surface area contributed by atoms with E-state index in [-0.39, 0.29) is 47.9 Å². The maximum absolute atomic E-state index is 13.3. The second-order valence-corrected chi connectivity index (χ2v) is 19.5. The summed E-state index contributed by atoms with van der Waals surface area (Å²) in [6.45, 7) is 9.17. The monoisotopic (exact) mass is 920 g/mol. The Morgan fingerprint density at radius 1 is 0.809 bits per heavy atom. The van der Waals surface area contributed by atoms with Crippen molar-refractivity contribution in [2.75, 3.05) is 69.7 Å². The summed E-state index contributed by atoms with van der Waals surface area (Å²) >= 11 is 0. The van der Waals surface area contributed by atoms with Gasteiger partial charge in [0.25, 0.3) is 0 Å². The van der Waals surface area contributed by atoms with Crippen molar-refractivity contribution in [2.45, 2.75) is 102 Å². The van der Waals surface area contributed by atoms with Gasteiger partial charge in [0.15, 0.2) is 0 Å². The van der Waals surface area contributed by atoms with Crippen LogP contribution in [-0.4, -0.2) is 111 Å². The first-order chi connectivity index (χ1) is 33.1. The van der Waals surface area contributed by atoms with E-state index in [1.54, 1.807) is 7.05 Å². The Morgan fingerprint density at radius 3 is 2.25 bits per heavy atom. The van der Waals surface area contributed by atoms with Crippen molar-refractivity contribution in [3.8, 4) is 11.8 Å². The number of imide groups is 1. The van der Waals surface area contributed by atoms with Gasteiger partial charge in [-0.05, 0) is 149 Å². The Balaban J connectivity index is 0.750. The zero-order valence-electron chi connectivity index (χ0n) is 40.3. The molecule has 358 valence electrons. The first-order valence-corrected chi connectivity index (χ1v) is 25.0. The molecule has 8 rings (SSSR count). The lowest BCUT2D eigenvalue weighted by atomic mass is 9.88. The zero-order valence-corrected chi connectivity index (χ0v) is 40.3. The second kappa shape index (κ2) is 22.8. The number of carbonyl (C=O) groups excluding carboxylic acids is 5. The predicted molar refractivity (Wildman–Crippen MR) is 269 cm³/mol. The lowest BCUT2D eigenvalue weighted by Crippen LogP contribution is -2.51. The number of likely N-dealkylation sites (tertiary alicyclic amines) is 3. The summed E-state index contributed by atoms with van der Waals surface area (Å²) in [4.78, 5) is 73.0. The van der Waals surface area contributed by atoms with Gasteiger partial charge in [-0.2, -0.15) is 0 Å². The maximum atomic E-state index is 13.3. The molecule has 4 aliphatic heterocycles. The van der Waals surface area contributed by atoms with Crippen molar-refractivity contribution in [2.24, 2.45) is 11.8 Å². The first kappa shape index (κ1) is 48.4. The van der Waals surface area contributed by atoms with Gasteiger partial charge in [-0.3, -0.25) is 34.2 Å². The standard InChI is InChI=1S/C56H69N7O5/c1-40(62-33-28-45(29-34-62)55(67)57-38-42-11-5-4-6-12-42)47-20-18-44(48-13-7-8-14-49(47)48)17-16-41-24-31-61(32-25-41)30-10-9-15-54(66)63-35-26-43(27-36-63)46-19-21-50(52(37-46)59(2)39-64)60(3)51-22-23-53(65)58-56(51)68/h4-8,11-14,18-21,37,39-41,43,45,51H,9-10,15,22-36,38H2,1-3H3,(H,57,67)(H,58,65,68). The highest BCUT2D eigenvalue weighted by atomic mass is 16.2. The third-order valence-corrected chi connectivity index (χ3v) is 15.2. The zero-order chi connectivity index (χ0) is 47.6. The van der Waals surface area contributed by atoms with Crippen molar-refractivity contribution in [1.82, 2.24) is 25.3 Å². The van der Waals surface area contributed by atoms with Crippen molar-refractivity contribution < 1.29 is 24.0 Å². The van der Waals surface area contributed by atoms with Crippen LogP contribution in [0, 0.1) is 23.7 Å². The fraction of sp³-hybridized carbons (Fsp3) is 0.482. The summed E-state index contributed by atoms with van der Waals surface area (Å²) in [5.41, 5.74) is 6.12. The minimum atomic E-state index is -0.493. The number of carbonyl (C=O) groups is 5. The Labute approximate surface area is 402 Å². The molecule has 0 aliphatic carbocycles. The van der Waals surface area contributed by atoms with E-state index in [1.807, 2.05) is 59.3 Å². The number of hydrogen-bond donors (Lipinski definition) is 2. The van der Waals surface area contributed by atoms with E-state index in [0.29, 0.717) is 44.1 Å². The molecule has 12 heteroatoms. The summed E-state index contributed by atoms with van der Waals surface area (Å²) in [5.74, 6) is 7.75. The van der Waals surface area contributed by atoms with Crippen molar-refractivity contribution in [3.63, 3.8) is 0 Å². The number of piperidine rings is 4. The quantitative estimate of drug-likeness (QED) is 0.0548. The van der Waals surface area contributed by atoms with E-state index in [1.165, 1.54) is 21.2 Å². The first-order valence-electron chi connectivity index (χ1n) is 25.0. The van der Waals surface area contributed by atoms with Gasteiger partial charge >= 0.3 is 0 Å². The number of anilines is 2. The average Bonchev–Trinajstić information content (AvgIpc) is 3.38. The third-order valence-electron chi connectivity index (χ3n) is 15.2. The Kier molecular flexibility index (Phi) is 16.3. The molecule has 0 aromatic heterocycles. The van der Waals surface area contributed by atoms with Crippen molar-refractivity contribution in [3.05, 3.63) is 107 Å². The van der Waals surface area contributed by atoms with Gasteiger partial charge in [0.1, 0.15) is 6.04 Å². The Bertz CT molecular complexity index is 2480. The Hall–Kier alpha value is -6.03. The maximum Gasteiger partial charge on any atom is 0.249 e.